The molecule has 0 aromatic carbocycles. The van der Waals surface area contributed by atoms with Gasteiger partial charge in [0.2, 0.25) is 5.91 Å². The third-order valence-corrected chi connectivity index (χ3v) is 2.82. The van der Waals surface area contributed by atoms with Crippen molar-refractivity contribution in [2.45, 2.75) is 31.8 Å². The molecule has 0 bridgehead atoms. The van der Waals surface area contributed by atoms with Gasteiger partial charge in [-0.2, -0.15) is 0 Å². The second kappa shape index (κ2) is 9.14. The van der Waals surface area contributed by atoms with Crippen LogP contribution in [0, 0.1) is 0 Å². The minimum atomic E-state index is -0.00887. The zero-order valence-corrected chi connectivity index (χ0v) is 11.7. The average Bonchev–Trinajstić information content (AvgIpc) is 2.38. The van der Waals surface area contributed by atoms with Crippen molar-refractivity contribution in [3.05, 3.63) is 30.1 Å². The molecule has 102 valence electrons. The van der Waals surface area contributed by atoms with Crippen LogP contribution in [0.3, 0.4) is 0 Å². The Morgan fingerprint density at radius 3 is 2.89 bits per heavy atom. The lowest BCUT2D eigenvalue weighted by Crippen LogP contribution is -2.46. The Hall–Kier alpha value is -0.840. The molecule has 0 aliphatic carbocycles. The summed E-state index contributed by atoms with van der Waals surface area (Å²) in [6.07, 6.45) is 6.76. The number of hydrogen-bond acceptors (Lipinski definition) is 3. The zero-order chi connectivity index (χ0) is 11.2. The Kier molecular flexibility index (Phi) is 8.71. The molecule has 2 heterocycles. The van der Waals surface area contributed by atoms with Gasteiger partial charge in [-0.05, 0) is 31.0 Å². The maximum absolute atomic E-state index is 11.8. The fraction of sp³-hybridized carbons (Fsp3) is 0.500. The lowest BCUT2D eigenvalue weighted by atomic mass is 10.0. The van der Waals surface area contributed by atoms with E-state index in [1.54, 1.807) is 12.4 Å². The van der Waals surface area contributed by atoms with Crippen LogP contribution in [-0.4, -0.2) is 23.5 Å². The molecule has 0 unspecified atom stereocenters. The molecule has 1 aliphatic rings. The zero-order valence-electron chi connectivity index (χ0n) is 10.1. The van der Waals surface area contributed by atoms with Crippen molar-refractivity contribution in [3.63, 3.8) is 0 Å². The molecular weight excluding hydrogens is 273 g/mol. The predicted molar refractivity (Wildman–Crippen MR) is 76.2 cm³/mol. The van der Waals surface area contributed by atoms with E-state index in [0.717, 1.165) is 24.9 Å². The Bertz CT molecular complexity index is 342. The van der Waals surface area contributed by atoms with E-state index in [9.17, 15) is 4.79 Å². The fourth-order valence-electron chi connectivity index (χ4n) is 1.89. The van der Waals surface area contributed by atoms with Crippen molar-refractivity contribution in [2.24, 2.45) is 0 Å². The van der Waals surface area contributed by atoms with Gasteiger partial charge in [-0.1, -0.05) is 12.5 Å². The standard InChI is InChI=1S/C12H17N3O.2ClH/c16-12(11-5-1-2-7-14-11)15-9-10-4-3-6-13-8-10;;/h3-4,6,8,11,14H,1-2,5,7,9H2,(H,15,16);2*1H/t11-;;/m1../s1. The number of nitrogens with one attached hydrogen (secondary N) is 2. The second-order valence-corrected chi connectivity index (χ2v) is 4.08. The average molecular weight is 292 g/mol. The van der Waals surface area contributed by atoms with Crippen LogP contribution in [0.2, 0.25) is 0 Å². The van der Waals surface area contributed by atoms with E-state index in [0.29, 0.717) is 6.54 Å². The lowest BCUT2D eigenvalue weighted by Gasteiger charge is -2.22. The van der Waals surface area contributed by atoms with Crippen molar-refractivity contribution < 1.29 is 4.79 Å². The molecule has 1 saturated heterocycles. The number of piperidine rings is 1. The molecule has 2 rings (SSSR count). The highest BCUT2D eigenvalue weighted by atomic mass is 35.5. The van der Waals surface area contributed by atoms with E-state index >= 15 is 0 Å². The van der Waals surface area contributed by atoms with Crippen LogP contribution in [0.15, 0.2) is 24.5 Å². The number of pyridine rings is 1. The predicted octanol–water partition coefficient (Wildman–Crippen LogP) is 1.68. The summed E-state index contributed by atoms with van der Waals surface area (Å²) >= 11 is 0. The highest BCUT2D eigenvalue weighted by molar-refractivity contribution is 5.85. The topological polar surface area (TPSA) is 54.0 Å². The molecule has 1 aromatic rings. The molecule has 0 spiro atoms. The summed E-state index contributed by atoms with van der Waals surface area (Å²) in [5.74, 6) is 0.101. The highest BCUT2D eigenvalue weighted by Gasteiger charge is 2.19. The molecule has 1 fully saturated rings. The molecule has 1 atom stereocenters. The first kappa shape index (κ1) is 17.2. The van der Waals surface area contributed by atoms with Gasteiger partial charge >= 0.3 is 0 Å². The van der Waals surface area contributed by atoms with Crippen LogP contribution in [0.1, 0.15) is 24.8 Å². The molecule has 6 heteroatoms. The van der Waals surface area contributed by atoms with Gasteiger partial charge in [0.25, 0.3) is 0 Å². The minimum Gasteiger partial charge on any atom is -0.351 e. The van der Waals surface area contributed by atoms with Gasteiger partial charge in [-0.25, -0.2) is 0 Å². The summed E-state index contributed by atoms with van der Waals surface area (Å²) in [7, 11) is 0. The van der Waals surface area contributed by atoms with Crippen molar-refractivity contribution in [1.82, 2.24) is 15.6 Å². The Balaban J connectivity index is 0.00000144. The number of hydrogen-bond donors (Lipinski definition) is 2. The maximum Gasteiger partial charge on any atom is 0.237 e. The number of carbonyl (C=O) groups excluding carboxylic acids is 1. The van der Waals surface area contributed by atoms with Gasteiger partial charge in [-0.3, -0.25) is 9.78 Å². The number of aromatic nitrogens is 1. The minimum absolute atomic E-state index is 0. The Morgan fingerprint density at radius 1 is 1.44 bits per heavy atom. The Labute approximate surface area is 120 Å². The molecule has 2 N–H and O–H groups in total. The molecule has 18 heavy (non-hydrogen) atoms. The number of amides is 1. The number of halogens is 2. The van der Waals surface area contributed by atoms with Gasteiger partial charge < -0.3 is 10.6 Å². The first-order chi connectivity index (χ1) is 7.86. The van der Waals surface area contributed by atoms with Gasteiger partial charge in [-0.15, -0.1) is 24.8 Å². The van der Waals surface area contributed by atoms with Crippen molar-refractivity contribution in [2.75, 3.05) is 6.54 Å². The first-order valence-corrected chi connectivity index (χ1v) is 5.76. The van der Waals surface area contributed by atoms with Crippen LogP contribution in [0.4, 0.5) is 0 Å². The second-order valence-electron chi connectivity index (χ2n) is 4.08. The number of nitrogens with zero attached hydrogens (tertiary/aromatic N) is 1. The molecule has 1 aromatic heterocycles. The van der Waals surface area contributed by atoms with E-state index in [-0.39, 0.29) is 36.8 Å². The highest BCUT2D eigenvalue weighted by Crippen LogP contribution is 2.07. The third kappa shape index (κ3) is 5.21. The largest absolute Gasteiger partial charge is 0.351 e. The monoisotopic (exact) mass is 291 g/mol. The van der Waals surface area contributed by atoms with E-state index in [4.69, 9.17) is 0 Å². The molecule has 4 nitrogen and oxygen atoms in total. The summed E-state index contributed by atoms with van der Waals surface area (Å²) in [6, 6.07) is 3.83. The summed E-state index contributed by atoms with van der Waals surface area (Å²) in [5.41, 5.74) is 1.03. The third-order valence-electron chi connectivity index (χ3n) is 2.82. The van der Waals surface area contributed by atoms with Gasteiger partial charge in [0, 0.05) is 18.9 Å². The lowest BCUT2D eigenvalue weighted by molar-refractivity contribution is -0.123. The number of rotatable bonds is 3. The van der Waals surface area contributed by atoms with Gasteiger partial charge in [0.1, 0.15) is 0 Å². The fourth-order valence-corrected chi connectivity index (χ4v) is 1.89. The summed E-state index contributed by atoms with van der Waals surface area (Å²) < 4.78 is 0. The van der Waals surface area contributed by atoms with Crippen molar-refractivity contribution in [1.29, 1.82) is 0 Å². The molecular formula is C12H19Cl2N3O. The SMILES string of the molecule is Cl.Cl.O=C(NCc1cccnc1)[C@H]1CCCCN1. The summed E-state index contributed by atoms with van der Waals surface area (Å²) in [6.45, 7) is 1.51. The van der Waals surface area contributed by atoms with E-state index in [2.05, 4.69) is 15.6 Å². The van der Waals surface area contributed by atoms with Crippen molar-refractivity contribution >= 4 is 30.7 Å². The van der Waals surface area contributed by atoms with Crippen LogP contribution >= 0.6 is 24.8 Å². The van der Waals surface area contributed by atoms with Crippen LogP contribution in [0.5, 0.6) is 0 Å². The Morgan fingerprint density at radius 2 is 2.28 bits per heavy atom. The molecule has 1 amide bonds. The van der Waals surface area contributed by atoms with Gasteiger partial charge in [0.15, 0.2) is 0 Å². The van der Waals surface area contributed by atoms with Crippen LogP contribution in [-0.2, 0) is 11.3 Å². The maximum atomic E-state index is 11.8. The van der Waals surface area contributed by atoms with Crippen LogP contribution in [0.25, 0.3) is 0 Å². The van der Waals surface area contributed by atoms with E-state index in [1.807, 2.05) is 12.1 Å². The molecule has 0 radical (unpaired) electrons. The quantitative estimate of drug-likeness (QED) is 0.891. The van der Waals surface area contributed by atoms with Crippen LogP contribution < -0.4 is 10.6 Å². The van der Waals surface area contributed by atoms with E-state index in [1.165, 1.54) is 6.42 Å². The molecule has 0 saturated carbocycles. The summed E-state index contributed by atoms with van der Waals surface area (Å²) in [4.78, 5) is 15.8. The summed E-state index contributed by atoms with van der Waals surface area (Å²) in [5, 5.41) is 6.15. The van der Waals surface area contributed by atoms with Gasteiger partial charge in [0.05, 0.1) is 6.04 Å². The van der Waals surface area contributed by atoms with E-state index < -0.39 is 0 Å². The first-order valence-electron chi connectivity index (χ1n) is 5.76. The smallest absolute Gasteiger partial charge is 0.237 e. The normalized spacial score (nSPS) is 18.1. The van der Waals surface area contributed by atoms with Crippen molar-refractivity contribution in [3.8, 4) is 0 Å². The number of carbonyl (C=O) groups is 1. The molecule has 1 aliphatic heterocycles.